The number of carbonyl (C=O) groups excluding carboxylic acids is 4. The molecule has 2 rings (SSSR count). The molecule has 0 unspecified atom stereocenters. The lowest BCUT2D eigenvalue weighted by molar-refractivity contribution is -0.146. The first kappa shape index (κ1) is 12.7. The van der Waals surface area contributed by atoms with E-state index in [9.17, 15) is 19.2 Å². The van der Waals surface area contributed by atoms with Gasteiger partial charge in [-0.15, -0.1) is 0 Å². The van der Waals surface area contributed by atoms with Gasteiger partial charge in [0.25, 0.3) is 11.8 Å². The van der Waals surface area contributed by atoms with Gasteiger partial charge in [0, 0.05) is 17.7 Å². The van der Waals surface area contributed by atoms with Crippen LogP contribution in [0.25, 0.3) is 0 Å². The summed E-state index contributed by atoms with van der Waals surface area (Å²) in [6.07, 6.45) is 2.85. The summed E-state index contributed by atoms with van der Waals surface area (Å²) in [5, 5.41) is 0. The summed E-state index contributed by atoms with van der Waals surface area (Å²) >= 11 is 0. The van der Waals surface area contributed by atoms with E-state index in [0.29, 0.717) is 11.8 Å². The van der Waals surface area contributed by atoms with Crippen molar-refractivity contribution in [3.63, 3.8) is 0 Å². The molecule has 0 saturated heterocycles. The zero-order valence-corrected chi connectivity index (χ0v) is 9.74. The molecule has 0 N–H and O–H groups in total. The molecule has 1 aromatic rings. The SMILES string of the molecule is O=Cc1ccc(OC(=O)CN2C(=O)C=CC2=O)cc1. The maximum Gasteiger partial charge on any atom is 0.331 e. The van der Waals surface area contributed by atoms with E-state index in [2.05, 4.69) is 0 Å². The van der Waals surface area contributed by atoms with Gasteiger partial charge in [0.05, 0.1) is 0 Å². The quantitative estimate of drug-likeness (QED) is 0.337. The van der Waals surface area contributed by atoms with Gasteiger partial charge in [-0.1, -0.05) is 0 Å². The summed E-state index contributed by atoms with van der Waals surface area (Å²) in [5.74, 6) is -1.58. The highest BCUT2D eigenvalue weighted by atomic mass is 16.5. The van der Waals surface area contributed by atoms with E-state index in [0.717, 1.165) is 17.1 Å². The van der Waals surface area contributed by atoms with Crippen molar-refractivity contribution in [2.75, 3.05) is 6.54 Å². The van der Waals surface area contributed by atoms with Crippen molar-refractivity contribution in [2.24, 2.45) is 0 Å². The highest BCUT2D eigenvalue weighted by Crippen LogP contribution is 2.12. The van der Waals surface area contributed by atoms with Crippen LogP contribution in [0.3, 0.4) is 0 Å². The van der Waals surface area contributed by atoms with E-state index in [4.69, 9.17) is 4.74 Å². The number of esters is 1. The first-order valence-electron chi connectivity index (χ1n) is 5.39. The van der Waals surface area contributed by atoms with Crippen LogP contribution >= 0.6 is 0 Å². The molecule has 0 aliphatic carbocycles. The highest BCUT2D eigenvalue weighted by Gasteiger charge is 2.26. The minimum absolute atomic E-state index is 0.239. The highest BCUT2D eigenvalue weighted by molar-refractivity contribution is 6.14. The largest absolute Gasteiger partial charge is 0.425 e. The van der Waals surface area contributed by atoms with Crippen molar-refractivity contribution >= 4 is 24.1 Å². The van der Waals surface area contributed by atoms with E-state index < -0.39 is 24.3 Å². The summed E-state index contributed by atoms with van der Waals surface area (Å²) in [6.45, 7) is -0.444. The molecule has 1 aromatic carbocycles. The van der Waals surface area contributed by atoms with Gasteiger partial charge < -0.3 is 4.74 Å². The molecule has 1 aliphatic rings. The molecule has 0 atom stereocenters. The third kappa shape index (κ3) is 2.92. The van der Waals surface area contributed by atoms with Crippen LogP contribution in [-0.2, 0) is 14.4 Å². The Morgan fingerprint density at radius 1 is 1.11 bits per heavy atom. The monoisotopic (exact) mass is 259 g/mol. The molecule has 19 heavy (non-hydrogen) atoms. The van der Waals surface area contributed by atoms with E-state index in [-0.39, 0.29) is 5.75 Å². The molecule has 2 amide bonds. The van der Waals surface area contributed by atoms with Gasteiger partial charge in [-0.25, -0.2) is 4.79 Å². The fourth-order valence-electron chi connectivity index (χ4n) is 1.49. The topological polar surface area (TPSA) is 80.8 Å². The summed E-state index contributed by atoms with van der Waals surface area (Å²) < 4.78 is 4.94. The normalized spacial score (nSPS) is 13.8. The average Bonchev–Trinajstić information content (AvgIpc) is 2.71. The fraction of sp³-hybridized carbons (Fsp3) is 0.0769. The number of imide groups is 1. The standard InChI is InChI=1S/C13H9NO5/c15-8-9-1-3-10(4-2-9)19-13(18)7-14-11(16)5-6-12(14)17/h1-6,8H,7H2. The van der Waals surface area contributed by atoms with Crippen molar-refractivity contribution in [2.45, 2.75) is 0 Å². The van der Waals surface area contributed by atoms with Gasteiger partial charge >= 0.3 is 5.97 Å². The second-order valence-electron chi connectivity index (χ2n) is 3.76. The number of aldehydes is 1. The maximum absolute atomic E-state index is 11.5. The summed E-state index contributed by atoms with van der Waals surface area (Å²) in [7, 11) is 0. The molecular formula is C13H9NO5. The van der Waals surface area contributed by atoms with Crippen LogP contribution in [0.2, 0.25) is 0 Å². The van der Waals surface area contributed by atoms with Gasteiger partial charge in [0.15, 0.2) is 0 Å². The Morgan fingerprint density at radius 2 is 1.68 bits per heavy atom. The minimum Gasteiger partial charge on any atom is -0.425 e. The first-order valence-corrected chi connectivity index (χ1v) is 5.39. The third-order valence-corrected chi connectivity index (χ3v) is 2.44. The summed E-state index contributed by atoms with van der Waals surface area (Å²) in [6, 6.07) is 5.88. The van der Waals surface area contributed by atoms with E-state index >= 15 is 0 Å². The molecule has 0 saturated carbocycles. The van der Waals surface area contributed by atoms with Crippen LogP contribution in [0.15, 0.2) is 36.4 Å². The summed E-state index contributed by atoms with van der Waals surface area (Å²) in [4.78, 5) is 45.2. The number of hydrogen-bond acceptors (Lipinski definition) is 5. The predicted octanol–water partition coefficient (Wildman–Crippen LogP) is 0.330. The average molecular weight is 259 g/mol. The van der Waals surface area contributed by atoms with Gasteiger partial charge in [-0.2, -0.15) is 0 Å². The van der Waals surface area contributed by atoms with Gasteiger partial charge in [0.2, 0.25) is 0 Å². The van der Waals surface area contributed by atoms with Gasteiger partial charge in [-0.05, 0) is 24.3 Å². The van der Waals surface area contributed by atoms with Crippen LogP contribution in [-0.4, -0.2) is 35.5 Å². The smallest absolute Gasteiger partial charge is 0.331 e. The predicted molar refractivity (Wildman–Crippen MR) is 63.3 cm³/mol. The molecule has 96 valence electrons. The molecule has 6 heteroatoms. The molecule has 0 aromatic heterocycles. The summed E-state index contributed by atoms with van der Waals surface area (Å²) in [5.41, 5.74) is 0.453. The number of hydrogen-bond donors (Lipinski definition) is 0. The number of ether oxygens (including phenoxy) is 1. The van der Waals surface area contributed by atoms with Crippen LogP contribution < -0.4 is 4.74 Å². The Bertz CT molecular complexity index is 555. The zero-order valence-electron chi connectivity index (χ0n) is 9.74. The Morgan fingerprint density at radius 3 is 2.21 bits per heavy atom. The molecule has 0 radical (unpaired) electrons. The van der Waals surface area contributed by atoms with Crippen molar-refractivity contribution in [1.29, 1.82) is 0 Å². The molecule has 1 heterocycles. The van der Waals surface area contributed by atoms with Crippen molar-refractivity contribution < 1.29 is 23.9 Å². The Hall–Kier alpha value is -2.76. The Labute approximate surface area is 108 Å². The number of amides is 2. The van der Waals surface area contributed by atoms with Crippen molar-refractivity contribution in [3.8, 4) is 5.75 Å². The maximum atomic E-state index is 11.5. The van der Waals surface area contributed by atoms with E-state index in [1.807, 2.05) is 0 Å². The number of carbonyl (C=O) groups is 4. The Kier molecular flexibility index (Phi) is 3.51. The Balaban J connectivity index is 1.95. The van der Waals surface area contributed by atoms with Crippen molar-refractivity contribution in [3.05, 3.63) is 42.0 Å². The van der Waals surface area contributed by atoms with Crippen molar-refractivity contribution in [1.82, 2.24) is 4.90 Å². The van der Waals surface area contributed by atoms with Crippen LogP contribution in [0, 0.1) is 0 Å². The lowest BCUT2D eigenvalue weighted by atomic mass is 10.2. The first-order chi connectivity index (χ1) is 9.10. The number of rotatable bonds is 4. The lowest BCUT2D eigenvalue weighted by Gasteiger charge is -2.12. The number of nitrogens with zero attached hydrogens (tertiary/aromatic N) is 1. The van der Waals surface area contributed by atoms with Crippen LogP contribution in [0.4, 0.5) is 0 Å². The van der Waals surface area contributed by atoms with Crippen LogP contribution in [0.5, 0.6) is 5.75 Å². The van der Waals surface area contributed by atoms with E-state index in [1.165, 1.54) is 24.3 Å². The molecule has 0 fully saturated rings. The zero-order chi connectivity index (χ0) is 13.8. The second-order valence-corrected chi connectivity index (χ2v) is 3.76. The molecule has 6 nitrogen and oxygen atoms in total. The van der Waals surface area contributed by atoms with Gasteiger partial charge in [0.1, 0.15) is 18.6 Å². The van der Waals surface area contributed by atoms with E-state index in [1.54, 1.807) is 0 Å². The molecule has 0 bridgehead atoms. The second kappa shape index (κ2) is 5.26. The molecule has 1 aliphatic heterocycles. The lowest BCUT2D eigenvalue weighted by Crippen LogP contribution is -2.36. The third-order valence-electron chi connectivity index (χ3n) is 2.44. The molecule has 0 spiro atoms. The van der Waals surface area contributed by atoms with Crippen LogP contribution in [0.1, 0.15) is 10.4 Å². The van der Waals surface area contributed by atoms with Gasteiger partial charge in [-0.3, -0.25) is 19.3 Å². The number of benzene rings is 1. The minimum atomic E-state index is -0.732. The molecular weight excluding hydrogens is 250 g/mol. The fourth-order valence-corrected chi connectivity index (χ4v) is 1.49.